The van der Waals surface area contributed by atoms with Gasteiger partial charge in [0.25, 0.3) is 5.91 Å². The fraction of sp³-hybridized carbons (Fsp3) is 0.421. The zero-order valence-electron chi connectivity index (χ0n) is 14.4. The molecule has 25 heavy (non-hydrogen) atoms. The third kappa shape index (κ3) is 2.92. The number of aromatic amines is 1. The van der Waals surface area contributed by atoms with Gasteiger partial charge in [-0.3, -0.25) is 9.59 Å². The maximum Gasteiger partial charge on any atom is 0.273 e. The molecule has 0 radical (unpaired) electrons. The molecule has 2 aliphatic rings. The molecule has 6 heteroatoms. The predicted molar refractivity (Wildman–Crippen MR) is 96.4 cm³/mol. The molecule has 2 aromatic heterocycles. The Hall–Kier alpha value is -2.63. The number of hydrogen-bond donors (Lipinski definition) is 2. The smallest absolute Gasteiger partial charge is 0.273 e. The average Bonchev–Trinajstić information content (AvgIpc) is 3.25. The van der Waals surface area contributed by atoms with E-state index in [-0.39, 0.29) is 11.7 Å². The number of ketones is 1. The summed E-state index contributed by atoms with van der Waals surface area (Å²) in [4.78, 5) is 34.5. The van der Waals surface area contributed by atoms with Gasteiger partial charge < -0.3 is 15.2 Å². The number of hydrogen-bond acceptors (Lipinski definition) is 4. The van der Waals surface area contributed by atoms with Crippen molar-refractivity contribution in [3.05, 3.63) is 40.8 Å². The number of nitrogens with zero attached hydrogens (tertiary/aromatic N) is 2. The number of aromatic nitrogens is 2. The number of carbonyl (C=O) groups excluding carboxylic acids is 2. The topological polar surface area (TPSA) is 78.1 Å². The lowest BCUT2D eigenvalue weighted by molar-refractivity contribution is 0.0971. The van der Waals surface area contributed by atoms with Crippen LogP contribution in [0, 0.1) is 6.92 Å². The molecule has 0 atom stereocenters. The van der Waals surface area contributed by atoms with Crippen LogP contribution in [0.4, 0.5) is 11.5 Å². The van der Waals surface area contributed by atoms with Gasteiger partial charge in [-0.2, -0.15) is 0 Å². The van der Waals surface area contributed by atoms with E-state index in [1.54, 1.807) is 6.20 Å². The third-order valence-electron chi connectivity index (χ3n) is 5.12. The molecular formula is C19H22N4O2. The number of amides is 1. The van der Waals surface area contributed by atoms with Crippen molar-refractivity contribution in [2.45, 2.75) is 39.0 Å². The molecule has 4 rings (SSSR count). The summed E-state index contributed by atoms with van der Waals surface area (Å²) < 4.78 is 0. The van der Waals surface area contributed by atoms with Gasteiger partial charge in [-0.15, -0.1) is 0 Å². The van der Waals surface area contributed by atoms with Gasteiger partial charge in [0.05, 0.1) is 11.9 Å². The summed E-state index contributed by atoms with van der Waals surface area (Å²) in [6.45, 7) is 3.96. The highest BCUT2D eigenvalue weighted by Gasteiger charge is 2.26. The van der Waals surface area contributed by atoms with Crippen molar-refractivity contribution >= 4 is 23.2 Å². The van der Waals surface area contributed by atoms with Crippen LogP contribution in [-0.4, -0.2) is 34.7 Å². The van der Waals surface area contributed by atoms with Crippen molar-refractivity contribution in [3.8, 4) is 0 Å². The molecule has 130 valence electrons. The van der Waals surface area contributed by atoms with E-state index in [9.17, 15) is 9.59 Å². The molecule has 0 saturated carbocycles. The molecule has 0 bridgehead atoms. The van der Waals surface area contributed by atoms with E-state index < -0.39 is 0 Å². The minimum Gasteiger partial charge on any atom is -0.370 e. The van der Waals surface area contributed by atoms with Crippen LogP contribution in [0.15, 0.2) is 18.3 Å². The molecule has 2 N–H and O–H groups in total. The van der Waals surface area contributed by atoms with Crippen molar-refractivity contribution in [1.29, 1.82) is 0 Å². The molecule has 6 nitrogen and oxygen atoms in total. The summed E-state index contributed by atoms with van der Waals surface area (Å²) >= 11 is 0. The third-order valence-corrected chi connectivity index (χ3v) is 5.12. The van der Waals surface area contributed by atoms with E-state index in [1.807, 2.05) is 19.1 Å². The largest absolute Gasteiger partial charge is 0.370 e. The lowest BCUT2D eigenvalue weighted by Gasteiger charge is -2.17. The van der Waals surface area contributed by atoms with E-state index in [4.69, 9.17) is 0 Å². The molecule has 3 heterocycles. The number of rotatable bonds is 3. The van der Waals surface area contributed by atoms with Crippen LogP contribution in [0.3, 0.4) is 0 Å². The second-order valence-electron chi connectivity index (χ2n) is 6.81. The second-order valence-corrected chi connectivity index (χ2v) is 6.81. The Morgan fingerprint density at radius 3 is 2.68 bits per heavy atom. The molecule has 0 unspecified atom stereocenters. The summed E-state index contributed by atoms with van der Waals surface area (Å²) in [7, 11) is 0. The van der Waals surface area contributed by atoms with Crippen LogP contribution in [0.25, 0.3) is 0 Å². The monoisotopic (exact) mass is 338 g/mol. The van der Waals surface area contributed by atoms with E-state index in [0.29, 0.717) is 23.5 Å². The Morgan fingerprint density at radius 1 is 1.20 bits per heavy atom. The molecule has 1 aliphatic heterocycles. The van der Waals surface area contributed by atoms with Crippen LogP contribution in [-0.2, 0) is 6.42 Å². The number of fused-ring (bicyclic) bond motifs is 1. The Kier molecular flexibility index (Phi) is 4.03. The Balaban J connectivity index is 1.51. The van der Waals surface area contributed by atoms with Crippen LogP contribution < -0.4 is 10.2 Å². The first-order valence-electron chi connectivity index (χ1n) is 8.90. The standard InChI is InChI=1S/C19H22N4O2/c1-12-17-14(5-4-6-15(17)24)21-18(12)19(25)22-16-8-7-13(11-20-16)23-9-2-3-10-23/h7-8,11,21H,2-6,9-10H2,1H3,(H,20,22,25). The van der Waals surface area contributed by atoms with Crippen LogP contribution in [0.1, 0.15) is 57.8 Å². The first-order valence-corrected chi connectivity index (χ1v) is 8.90. The summed E-state index contributed by atoms with van der Waals surface area (Å²) in [5, 5.41) is 2.83. The molecule has 1 amide bonds. The number of carbonyl (C=O) groups is 2. The number of H-pyrrole nitrogens is 1. The molecule has 1 aliphatic carbocycles. The van der Waals surface area contributed by atoms with Gasteiger partial charge in [0.2, 0.25) is 0 Å². The van der Waals surface area contributed by atoms with Gasteiger partial charge >= 0.3 is 0 Å². The summed E-state index contributed by atoms with van der Waals surface area (Å²) in [6, 6.07) is 3.82. The summed E-state index contributed by atoms with van der Waals surface area (Å²) in [5.74, 6) is 0.398. The number of aryl methyl sites for hydroxylation is 1. The fourth-order valence-corrected chi connectivity index (χ4v) is 3.80. The van der Waals surface area contributed by atoms with Gasteiger partial charge in [-0.1, -0.05) is 0 Å². The predicted octanol–water partition coefficient (Wildman–Crippen LogP) is 3.09. The van der Waals surface area contributed by atoms with Crippen molar-refractivity contribution < 1.29 is 9.59 Å². The first-order chi connectivity index (χ1) is 12.1. The number of pyridine rings is 1. The summed E-state index contributed by atoms with van der Waals surface area (Å²) in [5.41, 5.74) is 3.88. The van der Waals surface area contributed by atoms with Crippen molar-refractivity contribution in [3.63, 3.8) is 0 Å². The minimum absolute atomic E-state index is 0.127. The van der Waals surface area contributed by atoms with Crippen LogP contribution in [0.5, 0.6) is 0 Å². The highest BCUT2D eigenvalue weighted by Crippen LogP contribution is 2.27. The van der Waals surface area contributed by atoms with Gasteiger partial charge in [0, 0.05) is 30.8 Å². The number of Topliss-reactive ketones (excluding diaryl/α,β-unsaturated/α-hetero) is 1. The fourth-order valence-electron chi connectivity index (χ4n) is 3.80. The normalized spacial score (nSPS) is 16.8. The van der Waals surface area contributed by atoms with Gasteiger partial charge in [-0.25, -0.2) is 4.98 Å². The maximum absolute atomic E-state index is 12.6. The van der Waals surface area contributed by atoms with Gasteiger partial charge in [0.1, 0.15) is 11.5 Å². The van der Waals surface area contributed by atoms with Crippen molar-refractivity contribution in [2.24, 2.45) is 0 Å². The maximum atomic E-state index is 12.6. The van der Waals surface area contributed by atoms with Gasteiger partial charge in [0.15, 0.2) is 5.78 Å². The van der Waals surface area contributed by atoms with E-state index in [0.717, 1.165) is 42.9 Å². The van der Waals surface area contributed by atoms with Crippen LogP contribution >= 0.6 is 0 Å². The molecule has 1 saturated heterocycles. The highest BCUT2D eigenvalue weighted by atomic mass is 16.2. The average molecular weight is 338 g/mol. The lowest BCUT2D eigenvalue weighted by atomic mass is 9.94. The second kappa shape index (κ2) is 6.35. The molecule has 1 fully saturated rings. The van der Waals surface area contributed by atoms with Gasteiger partial charge in [-0.05, 0) is 50.3 Å². The molecule has 2 aromatic rings. The highest BCUT2D eigenvalue weighted by molar-refractivity contribution is 6.08. The zero-order valence-corrected chi connectivity index (χ0v) is 14.4. The van der Waals surface area contributed by atoms with Crippen LogP contribution in [0.2, 0.25) is 0 Å². The Labute approximate surface area is 146 Å². The molecule has 0 spiro atoms. The lowest BCUT2D eigenvalue weighted by Crippen LogP contribution is -2.18. The minimum atomic E-state index is -0.249. The van der Waals surface area contributed by atoms with E-state index in [2.05, 4.69) is 20.2 Å². The van der Waals surface area contributed by atoms with Crippen molar-refractivity contribution in [2.75, 3.05) is 23.3 Å². The zero-order chi connectivity index (χ0) is 17.4. The molecular weight excluding hydrogens is 316 g/mol. The SMILES string of the molecule is Cc1c(C(=O)Nc2ccc(N3CCCC3)cn2)[nH]c2c1C(=O)CCC2. The van der Waals surface area contributed by atoms with Crippen molar-refractivity contribution in [1.82, 2.24) is 9.97 Å². The quantitative estimate of drug-likeness (QED) is 0.901. The molecule has 0 aromatic carbocycles. The summed E-state index contributed by atoms with van der Waals surface area (Å²) in [6.07, 6.45) is 6.45. The Bertz CT molecular complexity index is 817. The number of nitrogens with one attached hydrogen (secondary N) is 2. The Morgan fingerprint density at radius 2 is 2.00 bits per heavy atom. The first kappa shape index (κ1) is 15.9. The number of anilines is 2. The van der Waals surface area contributed by atoms with E-state index in [1.165, 1.54) is 12.8 Å². The van der Waals surface area contributed by atoms with E-state index >= 15 is 0 Å².